The van der Waals surface area contributed by atoms with Crippen molar-refractivity contribution in [2.75, 3.05) is 13.2 Å². The van der Waals surface area contributed by atoms with Crippen LogP contribution < -0.4 is 5.73 Å². The van der Waals surface area contributed by atoms with E-state index in [1.54, 1.807) is 0 Å². The molecule has 0 spiro atoms. The van der Waals surface area contributed by atoms with Crippen molar-refractivity contribution < 1.29 is 9.63 Å². The van der Waals surface area contributed by atoms with Crippen LogP contribution in [-0.4, -0.2) is 30.2 Å². The van der Waals surface area contributed by atoms with Crippen molar-refractivity contribution in [3.8, 4) is 12.3 Å². The summed E-state index contributed by atoms with van der Waals surface area (Å²) in [6.45, 7) is 0.667. The van der Waals surface area contributed by atoms with Crippen molar-refractivity contribution in [1.82, 2.24) is 5.06 Å². The van der Waals surface area contributed by atoms with Gasteiger partial charge in [-0.05, 0) is 6.42 Å². The maximum atomic E-state index is 11.0. The first-order valence-corrected chi connectivity index (χ1v) is 3.39. The Morgan fingerprint density at radius 2 is 2.64 bits per heavy atom. The van der Waals surface area contributed by atoms with E-state index in [2.05, 4.69) is 5.92 Å². The summed E-state index contributed by atoms with van der Waals surface area (Å²) in [5.41, 5.74) is 5.42. The maximum Gasteiger partial charge on any atom is 0.263 e. The number of hydrogen-bond donors (Lipinski definition) is 1. The van der Waals surface area contributed by atoms with Gasteiger partial charge in [-0.1, -0.05) is 5.92 Å². The summed E-state index contributed by atoms with van der Waals surface area (Å²) in [4.78, 5) is 15.9. The van der Waals surface area contributed by atoms with E-state index in [4.69, 9.17) is 17.0 Å². The molecule has 4 heteroatoms. The van der Waals surface area contributed by atoms with E-state index in [-0.39, 0.29) is 12.5 Å². The molecule has 0 aliphatic carbocycles. The summed E-state index contributed by atoms with van der Waals surface area (Å²) < 4.78 is 0. The van der Waals surface area contributed by atoms with E-state index in [0.717, 1.165) is 0 Å². The lowest BCUT2D eigenvalue weighted by Crippen LogP contribution is -2.34. The van der Waals surface area contributed by atoms with Crippen LogP contribution in [0.2, 0.25) is 0 Å². The monoisotopic (exact) mass is 154 g/mol. The Bertz CT molecular complexity index is 197. The van der Waals surface area contributed by atoms with E-state index in [9.17, 15) is 4.79 Å². The molecular formula is C7H10N2O2. The third kappa shape index (κ3) is 1.70. The average Bonchev–Trinajstić information content (AvgIpc) is 2.31. The van der Waals surface area contributed by atoms with Crippen molar-refractivity contribution >= 4 is 5.91 Å². The third-order valence-corrected chi connectivity index (χ3v) is 1.51. The molecule has 1 atom stereocenters. The fraction of sp³-hybridized carbons (Fsp3) is 0.571. The molecule has 60 valence electrons. The van der Waals surface area contributed by atoms with Gasteiger partial charge in [-0.2, -0.15) is 0 Å². The minimum Gasteiger partial charge on any atom is -0.320 e. The zero-order valence-corrected chi connectivity index (χ0v) is 6.12. The molecule has 0 aromatic rings. The Labute approximate surface area is 65.3 Å². The Morgan fingerprint density at radius 3 is 3.09 bits per heavy atom. The van der Waals surface area contributed by atoms with Crippen LogP contribution in [0.25, 0.3) is 0 Å². The van der Waals surface area contributed by atoms with Crippen LogP contribution in [0.4, 0.5) is 0 Å². The summed E-state index contributed by atoms with van der Waals surface area (Å²) in [6.07, 6.45) is 5.58. The Kier molecular flexibility index (Phi) is 2.47. The molecule has 4 nitrogen and oxygen atoms in total. The van der Waals surface area contributed by atoms with Crippen LogP contribution in [0.3, 0.4) is 0 Å². The van der Waals surface area contributed by atoms with E-state index in [1.165, 1.54) is 5.06 Å². The number of nitrogens with zero attached hydrogens (tertiary/aromatic N) is 1. The van der Waals surface area contributed by atoms with Gasteiger partial charge in [0.1, 0.15) is 6.61 Å². The lowest BCUT2D eigenvalue weighted by atomic mass is 10.3. The van der Waals surface area contributed by atoms with E-state index < -0.39 is 6.04 Å². The van der Waals surface area contributed by atoms with E-state index in [0.29, 0.717) is 13.0 Å². The normalized spacial score (nSPS) is 23.8. The van der Waals surface area contributed by atoms with Gasteiger partial charge in [-0.3, -0.25) is 9.63 Å². The lowest BCUT2D eigenvalue weighted by Gasteiger charge is -2.12. The number of hydroxylamine groups is 2. The maximum absolute atomic E-state index is 11.0. The van der Waals surface area contributed by atoms with Gasteiger partial charge in [0.25, 0.3) is 5.91 Å². The molecule has 2 N–H and O–H groups in total. The lowest BCUT2D eigenvalue weighted by molar-refractivity contribution is -0.173. The molecule has 1 saturated heterocycles. The predicted octanol–water partition coefficient (Wildman–Crippen LogP) is -0.889. The number of terminal acetylenes is 1. The molecule has 1 unspecified atom stereocenters. The quantitative estimate of drug-likeness (QED) is 0.525. The van der Waals surface area contributed by atoms with E-state index in [1.807, 2.05) is 0 Å². The highest BCUT2D eigenvalue weighted by molar-refractivity contribution is 5.82. The summed E-state index contributed by atoms with van der Waals surface area (Å²) in [6, 6.07) is -0.409. The smallest absolute Gasteiger partial charge is 0.263 e. The summed E-state index contributed by atoms with van der Waals surface area (Å²) in [5, 5.41) is 1.23. The molecule has 1 amide bonds. The van der Waals surface area contributed by atoms with Crippen LogP contribution >= 0.6 is 0 Å². The van der Waals surface area contributed by atoms with Gasteiger partial charge in [0.15, 0.2) is 0 Å². The number of amides is 1. The SMILES string of the molecule is C#CCON1CCC(N)C1=O. The molecular weight excluding hydrogens is 144 g/mol. The van der Waals surface area contributed by atoms with Crippen LogP contribution in [-0.2, 0) is 9.63 Å². The van der Waals surface area contributed by atoms with Gasteiger partial charge in [-0.15, -0.1) is 6.42 Å². The molecule has 0 radical (unpaired) electrons. The second kappa shape index (κ2) is 3.37. The molecule has 0 saturated carbocycles. The molecule has 0 bridgehead atoms. The average molecular weight is 154 g/mol. The summed E-state index contributed by atoms with van der Waals surface area (Å²) >= 11 is 0. The minimum atomic E-state index is -0.409. The molecule has 0 aromatic heterocycles. The number of carbonyl (C=O) groups excluding carboxylic acids is 1. The Hall–Kier alpha value is -1.05. The van der Waals surface area contributed by atoms with Gasteiger partial charge in [0.2, 0.25) is 0 Å². The Balaban J connectivity index is 2.38. The molecule has 0 aromatic carbocycles. The van der Waals surface area contributed by atoms with Crippen molar-refractivity contribution in [3.63, 3.8) is 0 Å². The first-order chi connectivity index (χ1) is 5.25. The number of carbonyl (C=O) groups is 1. The van der Waals surface area contributed by atoms with Gasteiger partial charge in [0.05, 0.1) is 12.6 Å². The molecule has 1 rings (SSSR count). The molecule has 1 aliphatic rings. The van der Waals surface area contributed by atoms with Crippen molar-refractivity contribution in [2.45, 2.75) is 12.5 Å². The second-order valence-corrected chi connectivity index (χ2v) is 2.31. The van der Waals surface area contributed by atoms with Gasteiger partial charge < -0.3 is 5.73 Å². The van der Waals surface area contributed by atoms with Crippen molar-refractivity contribution in [2.24, 2.45) is 5.73 Å². The van der Waals surface area contributed by atoms with Crippen LogP contribution in [0.1, 0.15) is 6.42 Å². The second-order valence-electron chi connectivity index (χ2n) is 2.31. The fourth-order valence-corrected chi connectivity index (χ4v) is 0.918. The molecule has 1 fully saturated rings. The topological polar surface area (TPSA) is 55.6 Å². The fourth-order valence-electron chi connectivity index (χ4n) is 0.918. The van der Waals surface area contributed by atoms with E-state index >= 15 is 0 Å². The molecule has 1 aliphatic heterocycles. The standard InChI is InChI=1S/C7H10N2O2/c1-2-5-11-9-4-3-6(8)7(9)10/h1,6H,3-5,8H2. The van der Waals surface area contributed by atoms with Gasteiger partial charge >= 0.3 is 0 Å². The highest BCUT2D eigenvalue weighted by atomic mass is 16.7. The largest absolute Gasteiger partial charge is 0.320 e. The predicted molar refractivity (Wildman–Crippen MR) is 39.1 cm³/mol. The highest BCUT2D eigenvalue weighted by Gasteiger charge is 2.28. The molecule has 1 heterocycles. The number of hydrogen-bond acceptors (Lipinski definition) is 3. The van der Waals surface area contributed by atoms with Crippen LogP contribution in [0.5, 0.6) is 0 Å². The zero-order valence-electron chi connectivity index (χ0n) is 6.12. The summed E-state index contributed by atoms with van der Waals surface area (Å²) in [7, 11) is 0. The number of rotatable bonds is 2. The first kappa shape index (κ1) is 8.05. The van der Waals surface area contributed by atoms with Gasteiger partial charge in [0, 0.05) is 0 Å². The van der Waals surface area contributed by atoms with Gasteiger partial charge in [-0.25, -0.2) is 5.06 Å². The minimum absolute atomic E-state index is 0.123. The molecule has 11 heavy (non-hydrogen) atoms. The van der Waals surface area contributed by atoms with Crippen molar-refractivity contribution in [3.05, 3.63) is 0 Å². The van der Waals surface area contributed by atoms with Crippen LogP contribution in [0, 0.1) is 12.3 Å². The zero-order chi connectivity index (χ0) is 8.27. The van der Waals surface area contributed by atoms with Crippen molar-refractivity contribution in [1.29, 1.82) is 0 Å². The Morgan fingerprint density at radius 1 is 1.91 bits per heavy atom. The van der Waals surface area contributed by atoms with Crippen LogP contribution in [0.15, 0.2) is 0 Å². The first-order valence-electron chi connectivity index (χ1n) is 3.39. The number of nitrogens with two attached hydrogens (primary N) is 1. The summed E-state index contributed by atoms with van der Waals surface area (Å²) in [5.74, 6) is 2.09. The third-order valence-electron chi connectivity index (χ3n) is 1.51. The highest BCUT2D eigenvalue weighted by Crippen LogP contribution is 2.08.